The van der Waals surface area contributed by atoms with Crippen molar-refractivity contribution in [1.29, 1.82) is 0 Å². The molecular formula is C16H25NO. The van der Waals surface area contributed by atoms with Crippen LogP contribution in [0.3, 0.4) is 0 Å². The molecule has 0 aliphatic carbocycles. The highest BCUT2D eigenvalue weighted by Crippen LogP contribution is 2.38. The first-order valence-corrected chi connectivity index (χ1v) is 6.95. The van der Waals surface area contributed by atoms with Crippen LogP contribution in [-0.4, -0.2) is 24.8 Å². The SMILES string of the molecule is Cc1ccc(N2CCC(C)(C)C(CCO)C2)cc1. The van der Waals surface area contributed by atoms with Gasteiger partial charge in [0, 0.05) is 25.4 Å². The third-order valence-electron chi connectivity index (χ3n) is 4.45. The predicted octanol–water partition coefficient (Wildman–Crippen LogP) is 3.23. The van der Waals surface area contributed by atoms with Crippen molar-refractivity contribution in [3.8, 4) is 0 Å². The lowest BCUT2D eigenvalue weighted by Gasteiger charge is -2.45. The number of nitrogens with zero attached hydrogens (tertiary/aromatic N) is 1. The topological polar surface area (TPSA) is 23.5 Å². The van der Waals surface area contributed by atoms with E-state index >= 15 is 0 Å². The van der Waals surface area contributed by atoms with Crippen LogP contribution in [0.5, 0.6) is 0 Å². The van der Waals surface area contributed by atoms with E-state index in [9.17, 15) is 5.11 Å². The molecule has 0 spiro atoms. The van der Waals surface area contributed by atoms with Gasteiger partial charge >= 0.3 is 0 Å². The number of benzene rings is 1. The Morgan fingerprint density at radius 3 is 2.56 bits per heavy atom. The van der Waals surface area contributed by atoms with Crippen molar-refractivity contribution in [2.24, 2.45) is 11.3 Å². The van der Waals surface area contributed by atoms with Crippen LogP contribution in [0.4, 0.5) is 5.69 Å². The van der Waals surface area contributed by atoms with Gasteiger partial charge in [0.05, 0.1) is 0 Å². The Labute approximate surface area is 111 Å². The molecule has 0 saturated carbocycles. The molecule has 0 amide bonds. The van der Waals surface area contributed by atoms with Crippen LogP contribution in [-0.2, 0) is 0 Å². The molecular weight excluding hydrogens is 222 g/mol. The van der Waals surface area contributed by atoms with E-state index < -0.39 is 0 Å². The summed E-state index contributed by atoms with van der Waals surface area (Å²) in [6.45, 7) is 9.28. The molecule has 1 aliphatic heterocycles. The molecule has 1 atom stereocenters. The average molecular weight is 247 g/mol. The normalized spacial score (nSPS) is 23.1. The number of aliphatic hydroxyl groups is 1. The smallest absolute Gasteiger partial charge is 0.0434 e. The fourth-order valence-corrected chi connectivity index (χ4v) is 2.86. The Morgan fingerprint density at radius 1 is 1.28 bits per heavy atom. The van der Waals surface area contributed by atoms with Crippen molar-refractivity contribution in [3.05, 3.63) is 29.8 Å². The molecule has 1 N–H and O–H groups in total. The zero-order valence-corrected chi connectivity index (χ0v) is 11.8. The van der Waals surface area contributed by atoms with Crippen molar-refractivity contribution in [2.75, 3.05) is 24.6 Å². The molecule has 0 radical (unpaired) electrons. The summed E-state index contributed by atoms with van der Waals surface area (Å²) in [6, 6.07) is 8.78. The number of aliphatic hydroxyl groups excluding tert-OH is 1. The first-order valence-electron chi connectivity index (χ1n) is 6.95. The molecule has 2 heteroatoms. The predicted molar refractivity (Wildman–Crippen MR) is 77.0 cm³/mol. The molecule has 1 aromatic carbocycles. The number of aryl methyl sites for hydroxylation is 1. The molecule has 0 bridgehead atoms. The first-order chi connectivity index (χ1) is 8.53. The van der Waals surface area contributed by atoms with Crippen LogP contribution in [0.1, 0.15) is 32.3 Å². The second-order valence-corrected chi connectivity index (χ2v) is 6.23. The molecule has 2 rings (SSSR count). The van der Waals surface area contributed by atoms with Crippen LogP contribution in [0.25, 0.3) is 0 Å². The summed E-state index contributed by atoms with van der Waals surface area (Å²) >= 11 is 0. The molecule has 100 valence electrons. The van der Waals surface area contributed by atoms with Crippen molar-refractivity contribution in [3.63, 3.8) is 0 Å². The van der Waals surface area contributed by atoms with Gasteiger partial charge in [-0.05, 0) is 43.2 Å². The van der Waals surface area contributed by atoms with Gasteiger partial charge in [-0.1, -0.05) is 31.5 Å². The lowest BCUT2D eigenvalue weighted by Crippen LogP contribution is -2.45. The highest BCUT2D eigenvalue weighted by molar-refractivity contribution is 5.48. The maximum Gasteiger partial charge on any atom is 0.0434 e. The number of anilines is 1. The molecule has 18 heavy (non-hydrogen) atoms. The van der Waals surface area contributed by atoms with Crippen LogP contribution >= 0.6 is 0 Å². The third kappa shape index (κ3) is 2.86. The van der Waals surface area contributed by atoms with E-state index in [0.717, 1.165) is 19.5 Å². The Hall–Kier alpha value is -1.02. The van der Waals surface area contributed by atoms with E-state index in [1.54, 1.807) is 0 Å². The van der Waals surface area contributed by atoms with Crippen molar-refractivity contribution >= 4 is 5.69 Å². The maximum atomic E-state index is 9.23. The number of hydrogen-bond donors (Lipinski definition) is 1. The number of rotatable bonds is 3. The van der Waals surface area contributed by atoms with Gasteiger partial charge in [0.25, 0.3) is 0 Å². The highest BCUT2D eigenvalue weighted by Gasteiger charge is 2.34. The lowest BCUT2D eigenvalue weighted by atomic mass is 9.72. The second kappa shape index (κ2) is 5.31. The minimum atomic E-state index is 0.301. The fourth-order valence-electron chi connectivity index (χ4n) is 2.86. The summed E-state index contributed by atoms with van der Waals surface area (Å²) in [5.74, 6) is 0.581. The van der Waals surface area contributed by atoms with E-state index in [1.807, 2.05) is 0 Å². The molecule has 2 nitrogen and oxygen atoms in total. The van der Waals surface area contributed by atoms with Gasteiger partial charge in [0.2, 0.25) is 0 Å². The van der Waals surface area contributed by atoms with Crippen molar-refractivity contribution in [2.45, 2.75) is 33.6 Å². The summed E-state index contributed by atoms with van der Waals surface area (Å²) in [6.07, 6.45) is 2.11. The molecule has 0 aromatic heterocycles. The zero-order chi connectivity index (χ0) is 13.2. The van der Waals surface area contributed by atoms with Crippen LogP contribution < -0.4 is 4.90 Å². The molecule has 1 aromatic rings. The summed E-state index contributed by atoms with van der Waals surface area (Å²) in [4.78, 5) is 2.46. The van der Waals surface area contributed by atoms with Crippen LogP contribution in [0.15, 0.2) is 24.3 Å². The Balaban J connectivity index is 2.10. The van der Waals surface area contributed by atoms with Gasteiger partial charge in [-0.25, -0.2) is 0 Å². The zero-order valence-electron chi connectivity index (χ0n) is 11.8. The number of hydrogen-bond acceptors (Lipinski definition) is 2. The average Bonchev–Trinajstić information content (AvgIpc) is 2.33. The summed E-state index contributed by atoms with van der Waals surface area (Å²) in [5.41, 5.74) is 2.98. The minimum Gasteiger partial charge on any atom is -0.396 e. The Kier molecular flexibility index (Phi) is 3.96. The molecule has 1 heterocycles. The molecule has 1 fully saturated rings. The second-order valence-electron chi connectivity index (χ2n) is 6.23. The molecule has 1 unspecified atom stereocenters. The van der Waals surface area contributed by atoms with E-state index in [1.165, 1.54) is 17.7 Å². The van der Waals surface area contributed by atoms with Crippen molar-refractivity contribution in [1.82, 2.24) is 0 Å². The molecule has 1 aliphatic rings. The lowest BCUT2D eigenvalue weighted by molar-refractivity contribution is 0.132. The van der Waals surface area contributed by atoms with Gasteiger partial charge in [0.15, 0.2) is 0 Å². The number of piperidine rings is 1. The van der Waals surface area contributed by atoms with E-state index in [-0.39, 0.29) is 0 Å². The fraction of sp³-hybridized carbons (Fsp3) is 0.625. The largest absolute Gasteiger partial charge is 0.396 e. The third-order valence-corrected chi connectivity index (χ3v) is 4.45. The Morgan fingerprint density at radius 2 is 1.94 bits per heavy atom. The van der Waals surface area contributed by atoms with Gasteiger partial charge in [0.1, 0.15) is 0 Å². The monoisotopic (exact) mass is 247 g/mol. The van der Waals surface area contributed by atoms with Crippen LogP contribution in [0.2, 0.25) is 0 Å². The van der Waals surface area contributed by atoms with E-state index in [0.29, 0.717) is 17.9 Å². The van der Waals surface area contributed by atoms with Gasteiger partial charge in [-0.2, -0.15) is 0 Å². The molecule has 1 saturated heterocycles. The van der Waals surface area contributed by atoms with Crippen LogP contribution in [0, 0.1) is 18.3 Å². The van der Waals surface area contributed by atoms with Gasteiger partial charge < -0.3 is 10.0 Å². The van der Waals surface area contributed by atoms with Gasteiger partial charge in [-0.3, -0.25) is 0 Å². The quantitative estimate of drug-likeness (QED) is 0.886. The Bertz CT molecular complexity index is 383. The van der Waals surface area contributed by atoms with Gasteiger partial charge in [-0.15, -0.1) is 0 Å². The minimum absolute atomic E-state index is 0.301. The highest BCUT2D eigenvalue weighted by atomic mass is 16.3. The summed E-state index contributed by atoms with van der Waals surface area (Å²) in [7, 11) is 0. The first kappa shape index (κ1) is 13.4. The standard InChI is InChI=1S/C16H25NO/c1-13-4-6-15(7-5-13)17-10-9-16(2,3)14(12-17)8-11-18/h4-7,14,18H,8-12H2,1-3H3. The van der Waals surface area contributed by atoms with E-state index in [4.69, 9.17) is 0 Å². The van der Waals surface area contributed by atoms with E-state index in [2.05, 4.69) is 49.9 Å². The summed E-state index contributed by atoms with van der Waals surface area (Å²) in [5, 5.41) is 9.23. The van der Waals surface area contributed by atoms with Crippen molar-refractivity contribution < 1.29 is 5.11 Å². The summed E-state index contributed by atoms with van der Waals surface area (Å²) < 4.78 is 0. The maximum absolute atomic E-state index is 9.23.